The van der Waals surface area contributed by atoms with Crippen LogP contribution in [0.2, 0.25) is 0 Å². The molecule has 0 spiro atoms. The van der Waals surface area contributed by atoms with Gasteiger partial charge in [-0.05, 0) is 18.5 Å². The molecule has 0 heterocycles. The highest BCUT2D eigenvalue weighted by atomic mass is 32.2. The van der Waals surface area contributed by atoms with Crippen LogP contribution in [0.25, 0.3) is 0 Å². The van der Waals surface area contributed by atoms with Gasteiger partial charge in [0.25, 0.3) is 0 Å². The molecule has 2 unspecified atom stereocenters. The first kappa shape index (κ1) is 13.6. The van der Waals surface area contributed by atoms with Gasteiger partial charge in [0.1, 0.15) is 0 Å². The van der Waals surface area contributed by atoms with E-state index < -0.39 is 0 Å². The van der Waals surface area contributed by atoms with Gasteiger partial charge in [0.15, 0.2) is 0 Å². The fourth-order valence-electron chi connectivity index (χ4n) is 1.51. The van der Waals surface area contributed by atoms with Crippen molar-refractivity contribution in [2.75, 3.05) is 13.6 Å². The lowest BCUT2D eigenvalue weighted by Crippen LogP contribution is -2.18. The van der Waals surface area contributed by atoms with Gasteiger partial charge in [-0.25, -0.2) is 0 Å². The lowest BCUT2D eigenvalue weighted by molar-refractivity contribution is 0.637. The van der Waals surface area contributed by atoms with Crippen LogP contribution in [-0.4, -0.2) is 18.8 Å². The van der Waals surface area contributed by atoms with Crippen molar-refractivity contribution in [3.63, 3.8) is 0 Å². The van der Waals surface area contributed by atoms with Gasteiger partial charge in [-0.1, -0.05) is 51.1 Å². The van der Waals surface area contributed by atoms with Crippen LogP contribution in [0.15, 0.2) is 30.3 Å². The maximum Gasteiger partial charge on any atom is 0.0424 e. The van der Waals surface area contributed by atoms with Gasteiger partial charge >= 0.3 is 0 Å². The molecule has 1 nitrogen and oxygen atoms in total. The summed E-state index contributed by atoms with van der Waals surface area (Å²) in [5.74, 6) is 0.730. The van der Waals surface area contributed by atoms with Gasteiger partial charge in [-0.3, -0.25) is 0 Å². The zero-order valence-electron chi connectivity index (χ0n) is 10.7. The van der Waals surface area contributed by atoms with Gasteiger partial charge in [0, 0.05) is 17.0 Å². The molecule has 0 fully saturated rings. The maximum atomic E-state index is 3.29. The Morgan fingerprint density at radius 3 is 2.25 bits per heavy atom. The van der Waals surface area contributed by atoms with Gasteiger partial charge in [0.2, 0.25) is 0 Å². The van der Waals surface area contributed by atoms with Crippen LogP contribution in [0.1, 0.15) is 31.6 Å². The molecule has 0 aliphatic heterocycles. The highest BCUT2D eigenvalue weighted by Gasteiger charge is 2.16. The molecule has 0 radical (unpaired) electrons. The van der Waals surface area contributed by atoms with Crippen LogP contribution in [0.5, 0.6) is 0 Å². The number of rotatable bonds is 6. The average molecular weight is 237 g/mol. The lowest BCUT2D eigenvalue weighted by Gasteiger charge is -2.23. The van der Waals surface area contributed by atoms with Crippen LogP contribution >= 0.6 is 11.8 Å². The summed E-state index contributed by atoms with van der Waals surface area (Å²) >= 11 is 2.07. The van der Waals surface area contributed by atoms with Gasteiger partial charge in [-0.15, -0.1) is 11.8 Å². The van der Waals surface area contributed by atoms with Crippen molar-refractivity contribution in [1.82, 2.24) is 5.32 Å². The lowest BCUT2D eigenvalue weighted by atomic mass is 10.1. The smallest absolute Gasteiger partial charge is 0.0424 e. The number of hydrogen-bond acceptors (Lipinski definition) is 2. The minimum absolute atomic E-state index is 0.559. The zero-order chi connectivity index (χ0) is 12.0. The van der Waals surface area contributed by atoms with Gasteiger partial charge in [0.05, 0.1) is 0 Å². The van der Waals surface area contributed by atoms with E-state index in [1.165, 1.54) is 5.56 Å². The summed E-state index contributed by atoms with van der Waals surface area (Å²) in [5.41, 5.74) is 1.43. The third kappa shape index (κ3) is 4.18. The second-order valence-electron chi connectivity index (χ2n) is 4.54. The Morgan fingerprint density at radius 1 is 1.12 bits per heavy atom. The number of hydrogen-bond donors (Lipinski definition) is 1. The predicted octanol–water partition coefficient (Wildman–Crippen LogP) is 3.72. The SMILES string of the molecule is CNCC(SC(C)C(C)C)c1ccccc1. The van der Waals surface area contributed by atoms with Crippen LogP contribution in [-0.2, 0) is 0 Å². The van der Waals surface area contributed by atoms with E-state index in [0.717, 1.165) is 12.5 Å². The van der Waals surface area contributed by atoms with Crippen LogP contribution in [0.3, 0.4) is 0 Å². The summed E-state index contributed by atoms with van der Waals surface area (Å²) < 4.78 is 0. The molecule has 16 heavy (non-hydrogen) atoms. The third-order valence-electron chi connectivity index (χ3n) is 2.88. The first-order valence-corrected chi connectivity index (χ1v) is 6.94. The number of thioether (sulfide) groups is 1. The summed E-state index contributed by atoms with van der Waals surface area (Å²) in [6.45, 7) is 7.94. The summed E-state index contributed by atoms with van der Waals surface area (Å²) in [7, 11) is 2.02. The monoisotopic (exact) mass is 237 g/mol. The molecule has 0 amide bonds. The predicted molar refractivity (Wildman–Crippen MR) is 75.0 cm³/mol. The fourth-order valence-corrected chi connectivity index (χ4v) is 2.92. The second kappa shape index (κ2) is 6.97. The van der Waals surface area contributed by atoms with Crippen LogP contribution in [0, 0.1) is 5.92 Å². The van der Waals surface area contributed by atoms with Crippen molar-refractivity contribution in [3.05, 3.63) is 35.9 Å². The van der Waals surface area contributed by atoms with E-state index in [-0.39, 0.29) is 0 Å². The quantitative estimate of drug-likeness (QED) is 0.809. The van der Waals surface area contributed by atoms with E-state index in [1.54, 1.807) is 0 Å². The van der Waals surface area contributed by atoms with E-state index >= 15 is 0 Å². The summed E-state index contributed by atoms with van der Waals surface area (Å²) in [5, 5.41) is 4.54. The van der Waals surface area contributed by atoms with E-state index in [2.05, 4.69) is 68.2 Å². The normalized spacial score (nSPS) is 15.1. The van der Waals surface area contributed by atoms with Gasteiger partial charge in [-0.2, -0.15) is 0 Å². The molecule has 1 N–H and O–H groups in total. The molecule has 2 heteroatoms. The maximum absolute atomic E-state index is 3.29. The van der Waals surface area contributed by atoms with Crippen molar-refractivity contribution in [2.24, 2.45) is 5.92 Å². The number of nitrogens with one attached hydrogen (secondary N) is 1. The Labute approximate surface area is 104 Å². The zero-order valence-corrected chi connectivity index (χ0v) is 11.6. The molecular weight excluding hydrogens is 214 g/mol. The number of likely N-dealkylation sites (N-methyl/N-ethyl adjacent to an activating group) is 1. The molecule has 1 aromatic rings. The summed E-state index contributed by atoms with van der Waals surface area (Å²) in [4.78, 5) is 0. The Morgan fingerprint density at radius 2 is 1.75 bits per heavy atom. The molecule has 2 atom stereocenters. The first-order chi connectivity index (χ1) is 7.65. The molecular formula is C14H23NS. The highest BCUT2D eigenvalue weighted by molar-refractivity contribution is 8.00. The van der Waals surface area contributed by atoms with E-state index in [4.69, 9.17) is 0 Å². The standard InChI is InChI=1S/C14H23NS/c1-11(2)12(3)16-14(10-15-4)13-8-6-5-7-9-13/h5-9,11-12,14-15H,10H2,1-4H3. The molecule has 0 aromatic heterocycles. The number of benzene rings is 1. The third-order valence-corrected chi connectivity index (χ3v) is 4.62. The van der Waals surface area contributed by atoms with E-state index in [1.807, 2.05) is 7.05 Å². The molecule has 1 rings (SSSR count). The van der Waals surface area contributed by atoms with Crippen molar-refractivity contribution in [1.29, 1.82) is 0 Å². The molecule has 0 aliphatic rings. The average Bonchev–Trinajstić information content (AvgIpc) is 2.29. The molecule has 0 saturated carbocycles. The van der Waals surface area contributed by atoms with Gasteiger partial charge < -0.3 is 5.32 Å². The topological polar surface area (TPSA) is 12.0 Å². The van der Waals surface area contributed by atoms with E-state index in [0.29, 0.717) is 10.5 Å². The Balaban J connectivity index is 2.68. The minimum Gasteiger partial charge on any atom is -0.318 e. The van der Waals surface area contributed by atoms with Crippen LogP contribution < -0.4 is 5.32 Å². The Bertz CT molecular complexity index is 284. The Hall–Kier alpha value is -0.470. The Kier molecular flexibility index (Phi) is 5.93. The summed E-state index contributed by atoms with van der Waals surface area (Å²) in [6, 6.07) is 10.8. The molecule has 1 aromatic carbocycles. The fraction of sp³-hybridized carbons (Fsp3) is 0.571. The van der Waals surface area contributed by atoms with Crippen molar-refractivity contribution < 1.29 is 0 Å². The molecule has 0 saturated heterocycles. The van der Waals surface area contributed by atoms with E-state index in [9.17, 15) is 0 Å². The highest BCUT2D eigenvalue weighted by Crippen LogP contribution is 2.34. The molecule has 90 valence electrons. The van der Waals surface area contributed by atoms with Crippen LogP contribution in [0.4, 0.5) is 0 Å². The first-order valence-electron chi connectivity index (χ1n) is 6.00. The molecule has 0 aliphatic carbocycles. The second-order valence-corrected chi connectivity index (χ2v) is 6.13. The van der Waals surface area contributed by atoms with Crippen molar-refractivity contribution in [2.45, 2.75) is 31.3 Å². The largest absolute Gasteiger partial charge is 0.318 e. The summed E-state index contributed by atoms with van der Waals surface area (Å²) in [6.07, 6.45) is 0. The van der Waals surface area contributed by atoms with Crippen molar-refractivity contribution in [3.8, 4) is 0 Å². The van der Waals surface area contributed by atoms with Crippen molar-refractivity contribution >= 4 is 11.8 Å². The molecule has 0 bridgehead atoms. The minimum atomic E-state index is 0.559.